The zero-order valence-corrected chi connectivity index (χ0v) is 15.0. The topological polar surface area (TPSA) is 66.0 Å². The molecule has 2 aromatic heterocycles. The molecule has 0 amide bonds. The van der Waals surface area contributed by atoms with E-state index in [1.165, 1.54) is 0 Å². The highest BCUT2D eigenvalue weighted by Gasteiger charge is 2.15. The van der Waals surface area contributed by atoms with Crippen LogP contribution in [-0.2, 0) is 0 Å². The van der Waals surface area contributed by atoms with Crippen molar-refractivity contribution >= 4 is 28.8 Å². The van der Waals surface area contributed by atoms with Crippen molar-refractivity contribution in [1.29, 1.82) is 0 Å². The van der Waals surface area contributed by atoms with E-state index >= 15 is 0 Å². The standard InChI is InChI=1S/C21H21N5O/c1-16(20-7-4-12-27-20)25-21(26-10-8-22-9-11-26)24-15-17-13-18-5-2-3-6-19(18)23-14-17/h2-7,12-15,22H,1,8-11H2. The van der Waals surface area contributed by atoms with Crippen molar-refractivity contribution in [2.75, 3.05) is 26.2 Å². The maximum atomic E-state index is 5.40. The van der Waals surface area contributed by atoms with E-state index in [9.17, 15) is 0 Å². The molecule has 27 heavy (non-hydrogen) atoms. The predicted octanol–water partition coefficient (Wildman–Crippen LogP) is 3.18. The number of furan rings is 1. The number of pyridine rings is 1. The van der Waals surface area contributed by atoms with Crippen LogP contribution in [-0.4, -0.2) is 48.2 Å². The van der Waals surface area contributed by atoms with Crippen molar-refractivity contribution in [3.63, 3.8) is 0 Å². The Balaban J connectivity index is 1.62. The van der Waals surface area contributed by atoms with Gasteiger partial charge >= 0.3 is 0 Å². The number of benzene rings is 1. The summed E-state index contributed by atoms with van der Waals surface area (Å²) in [5.41, 5.74) is 2.46. The minimum Gasteiger partial charge on any atom is -0.463 e. The van der Waals surface area contributed by atoms with Crippen LogP contribution in [0.2, 0.25) is 0 Å². The first kappa shape index (κ1) is 17.2. The summed E-state index contributed by atoms with van der Waals surface area (Å²) in [4.78, 5) is 15.9. The smallest absolute Gasteiger partial charge is 0.226 e. The van der Waals surface area contributed by atoms with Crippen molar-refractivity contribution in [2.24, 2.45) is 9.98 Å². The Labute approximate surface area is 158 Å². The van der Waals surface area contributed by atoms with E-state index in [4.69, 9.17) is 4.42 Å². The second kappa shape index (κ2) is 7.97. The number of hydrogen-bond acceptors (Lipinski definition) is 4. The average Bonchev–Trinajstić information content (AvgIpc) is 3.26. The summed E-state index contributed by atoms with van der Waals surface area (Å²) in [6, 6.07) is 13.8. The van der Waals surface area contributed by atoms with Crippen LogP contribution in [0.4, 0.5) is 0 Å². The first-order valence-corrected chi connectivity index (χ1v) is 8.95. The third-order valence-corrected chi connectivity index (χ3v) is 4.38. The molecule has 1 fully saturated rings. The molecular weight excluding hydrogens is 338 g/mol. The monoisotopic (exact) mass is 359 g/mol. The first-order valence-electron chi connectivity index (χ1n) is 8.95. The summed E-state index contributed by atoms with van der Waals surface area (Å²) in [5.74, 6) is 1.27. The zero-order chi connectivity index (χ0) is 18.5. The van der Waals surface area contributed by atoms with Crippen molar-refractivity contribution < 1.29 is 4.42 Å². The van der Waals surface area contributed by atoms with Gasteiger partial charge in [-0.25, -0.2) is 9.98 Å². The van der Waals surface area contributed by atoms with Gasteiger partial charge in [-0.1, -0.05) is 24.8 Å². The molecule has 4 rings (SSSR count). The SMILES string of the molecule is C=C(N=C(N=Cc1cnc2ccccc2c1)N1CCNCC1)c1ccco1. The van der Waals surface area contributed by atoms with Crippen molar-refractivity contribution in [3.05, 3.63) is 72.8 Å². The van der Waals surface area contributed by atoms with Crippen molar-refractivity contribution in [3.8, 4) is 0 Å². The van der Waals surface area contributed by atoms with Crippen LogP contribution >= 0.6 is 0 Å². The van der Waals surface area contributed by atoms with Gasteiger partial charge in [-0.05, 0) is 24.3 Å². The largest absolute Gasteiger partial charge is 0.463 e. The molecule has 1 N–H and O–H groups in total. The Morgan fingerprint density at radius 3 is 2.85 bits per heavy atom. The highest BCUT2D eigenvalue weighted by molar-refractivity contribution is 5.97. The Bertz CT molecular complexity index is 985. The fraction of sp³-hybridized carbons (Fsp3) is 0.190. The molecule has 0 radical (unpaired) electrons. The lowest BCUT2D eigenvalue weighted by Crippen LogP contribution is -2.46. The summed E-state index contributed by atoms with van der Waals surface area (Å²) in [6.45, 7) is 7.51. The van der Waals surface area contributed by atoms with Gasteiger partial charge in [0.2, 0.25) is 5.96 Å². The number of piperazine rings is 1. The Hall–Kier alpha value is -3.25. The molecule has 0 unspecified atom stereocenters. The third kappa shape index (κ3) is 4.12. The maximum Gasteiger partial charge on any atom is 0.226 e. The summed E-state index contributed by atoms with van der Waals surface area (Å²) < 4.78 is 5.40. The molecule has 6 nitrogen and oxygen atoms in total. The van der Waals surface area contributed by atoms with Crippen LogP contribution in [0.5, 0.6) is 0 Å². The van der Waals surface area contributed by atoms with Crippen LogP contribution in [0.25, 0.3) is 16.6 Å². The van der Waals surface area contributed by atoms with Crippen LogP contribution in [0.15, 0.2) is 75.9 Å². The van der Waals surface area contributed by atoms with Gasteiger partial charge in [0.1, 0.15) is 5.70 Å². The Morgan fingerprint density at radius 2 is 2.04 bits per heavy atom. The predicted molar refractivity (Wildman–Crippen MR) is 109 cm³/mol. The second-order valence-electron chi connectivity index (χ2n) is 6.29. The molecular formula is C21H21N5O. The highest BCUT2D eigenvalue weighted by Crippen LogP contribution is 2.16. The van der Waals surface area contributed by atoms with E-state index in [-0.39, 0.29) is 0 Å². The molecule has 0 aliphatic carbocycles. The molecule has 1 saturated heterocycles. The van der Waals surface area contributed by atoms with Crippen molar-refractivity contribution in [1.82, 2.24) is 15.2 Å². The molecule has 1 aromatic carbocycles. The lowest BCUT2D eigenvalue weighted by molar-refractivity contribution is 0.354. The number of aliphatic imine (C=N–C) groups is 2. The van der Waals surface area contributed by atoms with E-state index in [2.05, 4.69) is 37.8 Å². The highest BCUT2D eigenvalue weighted by atomic mass is 16.3. The van der Waals surface area contributed by atoms with Crippen LogP contribution < -0.4 is 5.32 Å². The normalized spacial score (nSPS) is 15.6. The van der Waals surface area contributed by atoms with Crippen LogP contribution in [0, 0.1) is 0 Å². The molecule has 1 aliphatic heterocycles. The molecule has 136 valence electrons. The minimum absolute atomic E-state index is 0.558. The molecule has 3 aromatic rings. The number of rotatable bonds is 3. The van der Waals surface area contributed by atoms with Crippen molar-refractivity contribution in [2.45, 2.75) is 0 Å². The molecule has 0 atom stereocenters. The number of nitrogens with one attached hydrogen (secondary N) is 1. The molecule has 3 heterocycles. The van der Waals surface area contributed by atoms with E-state index in [1.807, 2.05) is 42.6 Å². The summed E-state index contributed by atoms with van der Waals surface area (Å²) in [6.07, 6.45) is 5.24. The van der Waals surface area contributed by atoms with E-state index in [0.717, 1.165) is 42.6 Å². The number of hydrogen-bond donors (Lipinski definition) is 1. The van der Waals surface area contributed by atoms with Gasteiger partial charge in [-0.3, -0.25) is 4.98 Å². The summed E-state index contributed by atoms with van der Waals surface area (Å²) in [5, 5.41) is 4.43. The summed E-state index contributed by atoms with van der Waals surface area (Å²) >= 11 is 0. The number of para-hydroxylation sites is 1. The van der Waals surface area contributed by atoms with Crippen LogP contribution in [0.1, 0.15) is 11.3 Å². The number of fused-ring (bicyclic) bond motifs is 1. The number of nitrogens with zero attached hydrogens (tertiary/aromatic N) is 4. The van der Waals surface area contributed by atoms with Gasteiger partial charge in [0.25, 0.3) is 0 Å². The average molecular weight is 359 g/mol. The van der Waals surface area contributed by atoms with Crippen LogP contribution in [0.3, 0.4) is 0 Å². The zero-order valence-electron chi connectivity index (χ0n) is 15.0. The number of guanidine groups is 1. The quantitative estimate of drug-likeness (QED) is 0.576. The summed E-state index contributed by atoms with van der Waals surface area (Å²) in [7, 11) is 0. The lowest BCUT2D eigenvalue weighted by atomic mass is 10.2. The van der Waals surface area contributed by atoms with Gasteiger partial charge in [-0.2, -0.15) is 0 Å². The Morgan fingerprint density at radius 1 is 1.19 bits per heavy atom. The lowest BCUT2D eigenvalue weighted by Gasteiger charge is -2.28. The second-order valence-corrected chi connectivity index (χ2v) is 6.29. The third-order valence-electron chi connectivity index (χ3n) is 4.38. The van der Waals surface area contributed by atoms with Gasteiger partial charge in [-0.15, -0.1) is 0 Å². The minimum atomic E-state index is 0.558. The van der Waals surface area contributed by atoms with E-state index in [0.29, 0.717) is 17.4 Å². The molecule has 6 heteroatoms. The fourth-order valence-corrected chi connectivity index (χ4v) is 2.96. The Kier molecular flexibility index (Phi) is 5.07. The van der Waals surface area contributed by atoms with Gasteiger partial charge in [0, 0.05) is 49.5 Å². The fourth-order valence-electron chi connectivity index (χ4n) is 2.96. The van der Waals surface area contributed by atoms with Gasteiger partial charge in [0.15, 0.2) is 5.76 Å². The van der Waals surface area contributed by atoms with E-state index in [1.54, 1.807) is 12.5 Å². The molecule has 1 aliphatic rings. The maximum absolute atomic E-state index is 5.40. The van der Waals surface area contributed by atoms with E-state index < -0.39 is 0 Å². The van der Waals surface area contributed by atoms with Gasteiger partial charge in [0.05, 0.1) is 11.8 Å². The van der Waals surface area contributed by atoms with Gasteiger partial charge < -0.3 is 14.6 Å². The molecule has 0 bridgehead atoms. The molecule has 0 saturated carbocycles. The first-order chi connectivity index (χ1) is 13.3. The number of aromatic nitrogens is 1. The molecule has 0 spiro atoms.